The highest BCUT2D eigenvalue weighted by atomic mass is 79.9. The van der Waals surface area contributed by atoms with Crippen LogP contribution in [0, 0.1) is 0 Å². The second kappa shape index (κ2) is 5.07. The van der Waals surface area contributed by atoms with E-state index in [9.17, 15) is 8.42 Å². The third kappa shape index (κ3) is 2.33. The molecule has 16 heavy (non-hydrogen) atoms. The van der Waals surface area contributed by atoms with Crippen molar-refractivity contribution in [1.29, 1.82) is 0 Å². The molecule has 0 spiro atoms. The minimum atomic E-state index is -3.58. The fraction of sp³-hybridized carbons (Fsp3) is 0.500. The smallest absolute Gasteiger partial charge is 0.235 e. The number of aromatic nitrogens is 3. The third-order valence-corrected chi connectivity index (χ3v) is 4.84. The molecule has 0 N–H and O–H groups in total. The van der Waals surface area contributed by atoms with Crippen LogP contribution in [0.3, 0.4) is 0 Å². The summed E-state index contributed by atoms with van der Waals surface area (Å²) in [4.78, 5) is 0. The van der Waals surface area contributed by atoms with Gasteiger partial charge >= 0.3 is 0 Å². The summed E-state index contributed by atoms with van der Waals surface area (Å²) in [5.74, 6) is 0. The van der Waals surface area contributed by atoms with Crippen molar-refractivity contribution in [3.05, 3.63) is 17.3 Å². The van der Waals surface area contributed by atoms with Crippen molar-refractivity contribution in [2.75, 3.05) is 13.1 Å². The summed E-state index contributed by atoms with van der Waals surface area (Å²) in [5.41, 5.74) is 0. The molecule has 0 unspecified atom stereocenters. The zero-order chi connectivity index (χ0) is 12.3. The van der Waals surface area contributed by atoms with Gasteiger partial charge < -0.3 is 0 Å². The van der Waals surface area contributed by atoms with E-state index in [4.69, 9.17) is 0 Å². The maximum atomic E-state index is 12.2. The first-order chi connectivity index (χ1) is 7.45. The standard InChI is InChI=1S/C8H13BrN4O2S/c1-4-6-13(5-2)16(14,15)8-7(9)10-11-12(8)3/h4H,1,5-6H2,2-3H3. The van der Waals surface area contributed by atoms with Crippen molar-refractivity contribution in [2.45, 2.75) is 11.9 Å². The van der Waals surface area contributed by atoms with Crippen molar-refractivity contribution in [3.8, 4) is 0 Å². The van der Waals surface area contributed by atoms with Crippen molar-refractivity contribution >= 4 is 26.0 Å². The van der Waals surface area contributed by atoms with Gasteiger partial charge in [0.1, 0.15) is 0 Å². The predicted octanol–water partition coefficient (Wildman–Crippen LogP) is 0.774. The number of aryl methyl sites for hydroxylation is 1. The maximum Gasteiger partial charge on any atom is 0.263 e. The molecule has 0 saturated heterocycles. The average molecular weight is 309 g/mol. The number of hydrogen-bond acceptors (Lipinski definition) is 4. The minimum absolute atomic E-state index is 0.0520. The molecular weight excluding hydrogens is 296 g/mol. The van der Waals surface area contributed by atoms with Crippen LogP contribution in [-0.4, -0.2) is 40.8 Å². The summed E-state index contributed by atoms with van der Waals surface area (Å²) in [6.45, 7) is 5.92. The predicted molar refractivity (Wildman–Crippen MR) is 63.3 cm³/mol. The first-order valence-corrected chi connectivity index (χ1v) is 6.84. The lowest BCUT2D eigenvalue weighted by Gasteiger charge is -2.18. The Morgan fingerprint density at radius 2 is 2.25 bits per heavy atom. The van der Waals surface area contributed by atoms with Gasteiger partial charge in [0.15, 0.2) is 4.60 Å². The number of sulfonamides is 1. The monoisotopic (exact) mass is 308 g/mol. The van der Waals surface area contributed by atoms with E-state index in [0.717, 1.165) is 0 Å². The van der Waals surface area contributed by atoms with Crippen LogP contribution in [0.4, 0.5) is 0 Å². The van der Waals surface area contributed by atoms with E-state index in [0.29, 0.717) is 6.54 Å². The molecule has 0 aliphatic heterocycles. The molecule has 1 aromatic rings. The summed E-state index contributed by atoms with van der Waals surface area (Å²) >= 11 is 3.08. The van der Waals surface area contributed by atoms with E-state index in [2.05, 4.69) is 32.8 Å². The minimum Gasteiger partial charge on any atom is -0.235 e. The zero-order valence-electron chi connectivity index (χ0n) is 9.09. The van der Waals surface area contributed by atoms with Crippen LogP contribution in [-0.2, 0) is 17.1 Å². The Morgan fingerprint density at radius 1 is 1.62 bits per heavy atom. The van der Waals surface area contributed by atoms with Gasteiger partial charge in [-0.1, -0.05) is 18.2 Å². The normalized spacial score (nSPS) is 12.0. The Hall–Kier alpha value is -0.730. The molecule has 8 heteroatoms. The highest BCUT2D eigenvalue weighted by molar-refractivity contribution is 9.10. The quantitative estimate of drug-likeness (QED) is 0.754. The summed E-state index contributed by atoms with van der Waals surface area (Å²) in [6, 6.07) is 0. The lowest BCUT2D eigenvalue weighted by Crippen LogP contribution is -2.32. The molecule has 0 aliphatic rings. The molecule has 0 aliphatic carbocycles. The molecule has 0 radical (unpaired) electrons. The number of likely N-dealkylation sites (N-methyl/N-ethyl adjacent to an activating group) is 1. The zero-order valence-corrected chi connectivity index (χ0v) is 11.5. The molecule has 90 valence electrons. The Balaban J connectivity index is 3.25. The van der Waals surface area contributed by atoms with Crippen LogP contribution in [0.1, 0.15) is 6.92 Å². The molecule has 1 rings (SSSR count). The fourth-order valence-corrected chi connectivity index (χ4v) is 3.71. The first-order valence-electron chi connectivity index (χ1n) is 4.61. The van der Waals surface area contributed by atoms with Gasteiger partial charge in [0, 0.05) is 20.1 Å². The van der Waals surface area contributed by atoms with Gasteiger partial charge in [-0.2, -0.15) is 4.31 Å². The van der Waals surface area contributed by atoms with Crippen molar-refractivity contribution < 1.29 is 8.42 Å². The van der Waals surface area contributed by atoms with Gasteiger partial charge in [-0.3, -0.25) is 0 Å². The highest BCUT2D eigenvalue weighted by Crippen LogP contribution is 2.21. The summed E-state index contributed by atoms with van der Waals surface area (Å²) in [5, 5.41) is 7.36. The van der Waals surface area contributed by atoms with Crippen LogP contribution >= 0.6 is 15.9 Å². The fourth-order valence-electron chi connectivity index (χ4n) is 1.26. The Labute approximate surface area is 103 Å². The molecule has 1 aromatic heterocycles. The van der Waals surface area contributed by atoms with E-state index in [1.807, 2.05) is 0 Å². The third-order valence-electron chi connectivity index (χ3n) is 2.01. The van der Waals surface area contributed by atoms with Crippen LogP contribution < -0.4 is 0 Å². The SMILES string of the molecule is C=CCN(CC)S(=O)(=O)c1c(Br)nnn1C. The van der Waals surface area contributed by atoms with Gasteiger partial charge in [0.05, 0.1) is 0 Å². The van der Waals surface area contributed by atoms with Crippen LogP contribution in [0.15, 0.2) is 22.3 Å². The molecular formula is C8H13BrN4O2S. The van der Waals surface area contributed by atoms with E-state index >= 15 is 0 Å². The van der Waals surface area contributed by atoms with Crippen molar-refractivity contribution in [2.24, 2.45) is 7.05 Å². The maximum absolute atomic E-state index is 12.2. The van der Waals surface area contributed by atoms with Crippen LogP contribution in [0.5, 0.6) is 0 Å². The number of rotatable bonds is 5. The summed E-state index contributed by atoms with van der Waals surface area (Å²) < 4.78 is 27.1. The lowest BCUT2D eigenvalue weighted by molar-refractivity contribution is 0.450. The second-order valence-electron chi connectivity index (χ2n) is 3.05. The largest absolute Gasteiger partial charge is 0.263 e. The van der Waals surface area contributed by atoms with Gasteiger partial charge in [0.2, 0.25) is 5.03 Å². The Morgan fingerprint density at radius 3 is 2.62 bits per heavy atom. The molecule has 1 heterocycles. The summed E-state index contributed by atoms with van der Waals surface area (Å²) in [7, 11) is -2.04. The van der Waals surface area contributed by atoms with E-state index in [1.165, 1.54) is 16.0 Å². The van der Waals surface area contributed by atoms with E-state index < -0.39 is 10.0 Å². The van der Waals surface area contributed by atoms with E-state index in [1.54, 1.807) is 13.0 Å². The molecule has 0 aromatic carbocycles. The van der Waals surface area contributed by atoms with Gasteiger partial charge in [-0.25, -0.2) is 13.1 Å². The summed E-state index contributed by atoms with van der Waals surface area (Å²) in [6.07, 6.45) is 1.54. The van der Waals surface area contributed by atoms with Crippen molar-refractivity contribution in [3.63, 3.8) is 0 Å². The molecule has 0 atom stereocenters. The second-order valence-corrected chi connectivity index (χ2v) is 5.66. The molecule has 6 nitrogen and oxygen atoms in total. The number of halogens is 1. The van der Waals surface area contributed by atoms with Gasteiger partial charge in [-0.05, 0) is 15.9 Å². The Kier molecular flexibility index (Phi) is 4.22. The first kappa shape index (κ1) is 13.3. The number of hydrogen-bond donors (Lipinski definition) is 0. The van der Waals surface area contributed by atoms with Crippen LogP contribution in [0.2, 0.25) is 0 Å². The Bertz CT molecular complexity index is 463. The van der Waals surface area contributed by atoms with Gasteiger partial charge in [-0.15, -0.1) is 11.7 Å². The van der Waals surface area contributed by atoms with Gasteiger partial charge in [0.25, 0.3) is 10.0 Å². The average Bonchev–Trinajstić information content (AvgIpc) is 2.55. The number of nitrogens with zero attached hydrogens (tertiary/aromatic N) is 4. The lowest BCUT2D eigenvalue weighted by atomic mass is 10.6. The molecule has 0 saturated carbocycles. The topological polar surface area (TPSA) is 68.1 Å². The van der Waals surface area contributed by atoms with Crippen molar-refractivity contribution in [1.82, 2.24) is 19.3 Å². The molecule has 0 bridgehead atoms. The molecule has 0 amide bonds. The molecule has 0 fully saturated rings. The van der Waals surface area contributed by atoms with Crippen LogP contribution in [0.25, 0.3) is 0 Å². The van der Waals surface area contributed by atoms with E-state index in [-0.39, 0.29) is 16.2 Å². The highest BCUT2D eigenvalue weighted by Gasteiger charge is 2.29.